The number of β-lactam (4-membered cyclic amide) rings is 1. The van der Waals surface area contributed by atoms with Crippen LogP contribution in [0.2, 0.25) is 5.02 Å². The summed E-state index contributed by atoms with van der Waals surface area (Å²) in [5.41, 5.74) is 4.99. The number of aromatic nitrogens is 4. The zero-order valence-corrected chi connectivity index (χ0v) is 18.6. The number of nitrogens with zero attached hydrogens (tertiary/aromatic N) is 6. The predicted molar refractivity (Wildman–Crippen MR) is 130 cm³/mol. The summed E-state index contributed by atoms with van der Waals surface area (Å²) in [5, 5.41) is 9.74. The maximum atomic E-state index is 11.7. The van der Waals surface area contributed by atoms with Crippen molar-refractivity contribution in [3.05, 3.63) is 78.1 Å². The van der Waals surface area contributed by atoms with E-state index in [0.717, 1.165) is 45.8 Å². The van der Waals surface area contributed by atoms with E-state index < -0.39 is 0 Å². The summed E-state index contributed by atoms with van der Waals surface area (Å²) in [6, 6.07) is 22.1. The molecule has 0 N–H and O–H groups in total. The summed E-state index contributed by atoms with van der Waals surface area (Å²) in [6.07, 6.45) is 2.27. The molecule has 1 saturated heterocycles. The first-order chi connectivity index (χ1) is 16.1. The van der Waals surface area contributed by atoms with Gasteiger partial charge in [0.15, 0.2) is 0 Å². The molecule has 8 heteroatoms. The van der Waals surface area contributed by atoms with E-state index in [-0.39, 0.29) is 5.91 Å². The fraction of sp³-hybridized carbons (Fsp3) is 0.120. The summed E-state index contributed by atoms with van der Waals surface area (Å²) in [6.45, 7) is 0.793. The van der Waals surface area contributed by atoms with Crippen molar-refractivity contribution in [1.82, 2.24) is 19.6 Å². The van der Waals surface area contributed by atoms with Crippen molar-refractivity contribution in [2.75, 3.05) is 23.4 Å². The number of rotatable bonds is 4. The second-order valence-corrected chi connectivity index (χ2v) is 8.49. The monoisotopic (exact) mass is 454 g/mol. The zero-order valence-electron chi connectivity index (χ0n) is 17.8. The van der Waals surface area contributed by atoms with Crippen LogP contribution in [-0.2, 0) is 4.79 Å². The van der Waals surface area contributed by atoms with E-state index in [1.54, 1.807) is 11.2 Å². The Balaban J connectivity index is 1.39. The quantitative estimate of drug-likeness (QED) is 0.353. The molecule has 6 rings (SSSR count). The Kier molecular flexibility index (Phi) is 4.52. The largest absolute Gasteiger partial charge is 0.329 e. The molecule has 0 spiro atoms. The number of hydrogen-bond donors (Lipinski definition) is 0. The molecular weight excluding hydrogens is 436 g/mol. The molecule has 0 bridgehead atoms. The number of benzene rings is 3. The first kappa shape index (κ1) is 19.7. The van der Waals surface area contributed by atoms with E-state index in [9.17, 15) is 4.79 Å². The van der Waals surface area contributed by atoms with Gasteiger partial charge in [0.25, 0.3) is 5.78 Å². The molecule has 0 atom stereocenters. The van der Waals surface area contributed by atoms with Crippen molar-refractivity contribution in [2.24, 2.45) is 0 Å². The van der Waals surface area contributed by atoms with Crippen LogP contribution in [0.5, 0.6) is 0 Å². The van der Waals surface area contributed by atoms with Gasteiger partial charge in [0, 0.05) is 41.8 Å². The number of carbonyl (C=O) groups excluding carboxylic acids is 1. The summed E-state index contributed by atoms with van der Waals surface area (Å²) in [7, 11) is 1.99. The fourth-order valence-corrected chi connectivity index (χ4v) is 4.38. The fourth-order valence-electron chi connectivity index (χ4n) is 4.22. The van der Waals surface area contributed by atoms with Crippen molar-refractivity contribution in [2.45, 2.75) is 6.42 Å². The maximum absolute atomic E-state index is 11.7. The van der Waals surface area contributed by atoms with E-state index in [1.807, 2.05) is 58.8 Å². The first-order valence-corrected chi connectivity index (χ1v) is 11.0. The summed E-state index contributed by atoms with van der Waals surface area (Å²) < 4.78 is 1.83. The van der Waals surface area contributed by atoms with Crippen LogP contribution in [0, 0.1) is 0 Å². The Bertz CT molecular complexity index is 1530. The maximum Gasteiger partial charge on any atom is 0.257 e. The van der Waals surface area contributed by atoms with Crippen LogP contribution in [0.25, 0.3) is 27.8 Å². The van der Waals surface area contributed by atoms with Crippen molar-refractivity contribution in [3.63, 3.8) is 0 Å². The molecule has 162 valence electrons. The molecule has 1 aliphatic rings. The van der Waals surface area contributed by atoms with Crippen LogP contribution in [0.15, 0.2) is 73.1 Å². The third-order valence-corrected chi connectivity index (χ3v) is 6.34. The third-order valence-electron chi connectivity index (χ3n) is 6.11. The van der Waals surface area contributed by atoms with Gasteiger partial charge in [0.2, 0.25) is 5.91 Å². The van der Waals surface area contributed by atoms with E-state index in [4.69, 9.17) is 16.6 Å². The second kappa shape index (κ2) is 7.56. The summed E-state index contributed by atoms with van der Waals surface area (Å²) in [4.78, 5) is 20.3. The Morgan fingerprint density at radius 2 is 1.85 bits per heavy atom. The van der Waals surface area contributed by atoms with E-state index in [1.165, 1.54) is 0 Å². The molecule has 5 aromatic rings. The first-order valence-electron chi connectivity index (χ1n) is 10.6. The normalized spacial score (nSPS) is 13.5. The molecule has 3 aromatic carbocycles. The third kappa shape index (κ3) is 3.29. The molecule has 3 heterocycles. The highest BCUT2D eigenvalue weighted by Crippen LogP contribution is 2.34. The molecule has 2 aromatic heterocycles. The Morgan fingerprint density at radius 1 is 1.00 bits per heavy atom. The van der Waals surface area contributed by atoms with Gasteiger partial charge >= 0.3 is 0 Å². The van der Waals surface area contributed by atoms with Gasteiger partial charge in [-0.15, -0.1) is 10.2 Å². The SMILES string of the molecule is CN(c1cccc(-c2ccc(N3CCC3=O)cc2)c1)c1nc2nncn2c2cc(Cl)ccc12. The number of carbonyl (C=O) groups is 1. The molecular formula is C25H19ClN6O. The van der Waals surface area contributed by atoms with Crippen molar-refractivity contribution >= 4 is 51.4 Å². The topological polar surface area (TPSA) is 66.6 Å². The Labute approximate surface area is 194 Å². The second-order valence-electron chi connectivity index (χ2n) is 8.05. The van der Waals surface area contributed by atoms with E-state index in [0.29, 0.717) is 17.2 Å². The summed E-state index contributed by atoms with van der Waals surface area (Å²) >= 11 is 6.27. The van der Waals surface area contributed by atoms with Gasteiger partial charge in [-0.25, -0.2) is 0 Å². The van der Waals surface area contributed by atoms with Gasteiger partial charge < -0.3 is 9.80 Å². The van der Waals surface area contributed by atoms with Crippen molar-refractivity contribution in [1.29, 1.82) is 0 Å². The zero-order chi connectivity index (χ0) is 22.5. The smallest absolute Gasteiger partial charge is 0.257 e. The minimum absolute atomic E-state index is 0.178. The standard InChI is InChI=1S/C25H19ClN6O/c1-30(24-21-10-7-18(26)14-22(21)32-15-27-29-25(32)28-24)20-4-2-3-17(13-20)16-5-8-19(9-6-16)31-12-11-23(31)33/h2-10,13-15H,11-12H2,1H3. The van der Waals surface area contributed by atoms with Crippen LogP contribution >= 0.6 is 11.6 Å². The minimum atomic E-state index is 0.178. The van der Waals surface area contributed by atoms with Gasteiger partial charge in [0.05, 0.1) is 5.52 Å². The van der Waals surface area contributed by atoms with Gasteiger partial charge in [-0.1, -0.05) is 35.9 Å². The molecule has 1 fully saturated rings. The lowest BCUT2D eigenvalue weighted by Crippen LogP contribution is -2.43. The summed E-state index contributed by atoms with van der Waals surface area (Å²) in [5.74, 6) is 1.46. The Morgan fingerprint density at radius 3 is 2.61 bits per heavy atom. The Hall–Kier alpha value is -3.97. The van der Waals surface area contributed by atoms with Crippen LogP contribution in [0.4, 0.5) is 17.2 Å². The van der Waals surface area contributed by atoms with Crippen LogP contribution in [0.1, 0.15) is 6.42 Å². The van der Waals surface area contributed by atoms with E-state index >= 15 is 0 Å². The van der Waals surface area contributed by atoms with Crippen LogP contribution in [-0.4, -0.2) is 39.1 Å². The van der Waals surface area contributed by atoms with E-state index in [2.05, 4.69) is 34.5 Å². The molecule has 0 unspecified atom stereocenters. The number of amides is 1. The highest BCUT2D eigenvalue weighted by molar-refractivity contribution is 6.31. The minimum Gasteiger partial charge on any atom is -0.329 e. The highest BCUT2D eigenvalue weighted by atomic mass is 35.5. The molecule has 0 saturated carbocycles. The molecule has 1 aliphatic heterocycles. The molecule has 7 nitrogen and oxygen atoms in total. The van der Waals surface area contributed by atoms with Gasteiger partial charge in [0.1, 0.15) is 12.1 Å². The number of fused-ring (bicyclic) bond motifs is 3. The average molecular weight is 455 g/mol. The molecule has 0 radical (unpaired) electrons. The molecule has 1 amide bonds. The van der Waals surface area contributed by atoms with Crippen molar-refractivity contribution in [3.8, 4) is 11.1 Å². The van der Waals surface area contributed by atoms with Crippen molar-refractivity contribution < 1.29 is 4.79 Å². The van der Waals surface area contributed by atoms with Crippen LogP contribution in [0.3, 0.4) is 0 Å². The lowest BCUT2D eigenvalue weighted by molar-refractivity contribution is -0.122. The average Bonchev–Trinajstić information content (AvgIpc) is 3.32. The highest BCUT2D eigenvalue weighted by Gasteiger charge is 2.24. The lowest BCUT2D eigenvalue weighted by atomic mass is 10.0. The van der Waals surface area contributed by atoms with Gasteiger partial charge in [-0.3, -0.25) is 9.20 Å². The number of hydrogen-bond acceptors (Lipinski definition) is 5. The van der Waals surface area contributed by atoms with Crippen LogP contribution < -0.4 is 9.80 Å². The molecule has 0 aliphatic carbocycles. The number of halogens is 1. The van der Waals surface area contributed by atoms with Gasteiger partial charge in [-0.2, -0.15) is 4.98 Å². The lowest BCUT2D eigenvalue weighted by Gasteiger charge is -2.30. The molecule has 33 heavy (non-hydrogen) atoms. The predicted octanol–water partition coefficient (Wildman–Crippen LogP) is 5.10. The number of anilines is 3. The van der Waals surface area contributed by atoms with Gasteiger partial charge in [-0.05, 0) is 53.6 Å².